The number of rotatable bonds is 4. The lowest BCUT2D eigenvalue weighted by Crippen LogP contribution is -1.85. The molecule has 0 unspecified atom stereocenters. The molecule has 0 aliphatic heterocycles. The molecule has 0 rings (SSSR count). The maximum absolute atomic E-state index is 2.28. The molecule has 0 aromatic carbocycles. The standard InChI is InChI=1S/2C6H14.2C2H6/c2*1-4-6(3)5-2;2*1-2/h2*6H,4-5H2,1-3H3;2*1-2H3. The Morgan fingerprint density at radius 3 is 0.625 bits per heavy atom. The summed E-state index contributed by atoms with van der Waals surface area (Å²) in [6.07, 6.45) is 5.32. The monoisotopic (exact) mass is 232 g/mol. The van der Waals surface area contributed by atoms with Crippen LogP contribution in [0.2, 0.25) is 0 Å². The summed E-state index contributed by atoms with van der Waals surface area (Å²) < 4.78 is 0. The van der Waals surface area contributed by atoms with Gasteiger partial charge >= 0.3 is 0 Å². The molecule has 0 aliphatic rings. The molecule has 0 aliphatic carbocycles. The molecule has 0 saturated carbocycles. The molecule has 0 amide bonds. The Morgan fingerprint density at radius 1 is 0.500 bits per heavy atom. The van der Waals surface area contributed by atoms with Crippen molar-refractivity contribution < 1.29 is 0 Å². The highest BCUT2D eigenvalue weighted by atomic mass is 14.0. The van der Waals surface area contributed by atoms with Crippen molar-refractivity contribution in [1.29, 1.82) is 0 Å². The van der Waals surface area contributed by atoms with E-state index in [1.54, 1.807) is 0 Å². The van der Waals surface area contributed by atoms with Crippen molar-refractivity contribution >= 4 is 0 Å². The van der Waals surface area contributed by atoms with E-state index in [2.05, 4.69) is 41.5 Å². The third-order valence-corrected chi connectivity index (χ3v) is 2.79. The van der Waals surface area contributed by atoms with E-state index in [1.807, 2.05) is 27.7 Å². The first kappa shape index (κ1) is 25.0. The first-order chi connectivity index (χ1) is 7.62. The topological polar surface area (TPSA) is 0 Å². The molecule has 0 heteroatoms. The van der Waals surface area contributed by atoms with Crippen LogP contribution in [0.1, 0.15) is 94.9 Å². The van der Waals surface area contributed by atoms with Gasteiger partial charge in [-0.2, -0.15) is 0 Å². The number of hydrogen-bond donors (Lipinski definition) is 0. The molecule has 104 valence electrons. The van der Waals surface area contributed by atoms with Gasteiger partial charge in [-0.05, 0) is 11.8 Å². The van der Waals surface area contributed by atoms with Crippen LogP contribution in [0.3, 0.4) is 0 Å². The summed E-state index contributed by atoms with van der Waals surface area (Å²) in [7, 11) is 0. The smallest absolute Gasteiger partial charge is 0.0448 e. The Kier molecular flexibility index (Phi) is 45.9. The van der Waals surface area contributed by atoms with Crippen LogP contribution in [0, 0.1) is 11.8 Å². The maximum atomic E-state index is 2.28. The highest BCUT2D eigenvalue weighted by Crippen LogP contribution is 2.03. The van der Waals surface area contributed by atoms with Crippen LogP contribution < -0.4 is 0 Å². The van der Waals surface area contributed by atoms with Gasteiger partial charge in [0.1, 0.15) is 0 Å². The Bertz CT molecular complexity index is 48.4. The summed E-state index contributed by atoms with van der Waals surface area (Å²) in [6, 6.07) is 0. The number of hydrogen-bond acceptors (Lipinski definition) is 0. The zero-order chi connectivity index (χ0) is 14.0. The molecule has 0 saturated heterocycles. The van der Waals surface area contributed by atoms with Gasteiger partial charge in [-0.1, -0.05) is 94.9 Å². The van der Waals surface area contributed by atoms with Crippen molar-refractivity contribution in [3.05, 3.63) is 0 Å². The van der Waals surface area contributed by atoms with Gasteiger partial charge in [-0.15, -0.1) is 0 Å². The van der Waals surface area contributed by atoms with Gasteiger partial charge in [0.2, 0.25) is 0 Å². The van der Waals surface area contributed by atoms with Crippen LogP contribution in [0.4, 0.5) is 0 Å². The SMILES string of the molecule is CC.CC.CCC(C)CC.CCC(C)CC. The van der Waals surface area contributed by atoms with Crippen LogP contribution in [0.5, 0.6) is 0 Å². The van der Waals surface area contributed by atoms with Gasteiger partial charge in [0.25, 0.3) is 0 Å². The average Bonchev–Trinajstić information content (AvgIpc) is 2.41. The lowest BCUT2D eigenvalue weighted by Gasteiger charge is -1.98. The largest absolute Gasteiger partial charge is 0.0683 e. The third kappa shape index (κ3) is 37.0. The van der Waals surface area contributed by atoms with Gasteiger partial charge in [0.05, 0.1) is 0 Å². The first-order valence-corrected chi connectivity index (χ1v) is 7.62. The molecule has 0 N–H and O–H groups in total. The van der Waals surface area contributed by atoms with Gasteiger partial charge < -0.3 is 0 Å². The molecular formula is C16H40. The Balaban J connectivity index is -0.0000000686. The summed E-state index contributed by atoms with van der Waals surface area (Å²) in [5, 5.41) is 0. The van der Waals surface area contributed by atoms with E-state index in [0.29, 0.717) is 0 Å². The third-order valence-electron chi connectivity index (χ3n) is 2.79. The normalized spacial score (nSPS) is 8.25. The summed E-state index contributed by atoms with van der Waals surface area (Å²) in [5.41, 5.74) is 0. The maximum Gasteiger partial charge on any atom is -0.0448 e. The van der Waals surface area contributed by atoms with Crippen molar-refractivity contribution in [2.75, 3.05) is 0 Å². The van der Waals surface area contributed by atoms with E-state index in [0.717, 1.165) is 11.8 Å². The minimum absolute atomic E-state index is 0.935. The molecule has 16 heavy (non-hydrogen) atoms. The molecule has 0 nitrogen and oxygen atoms in total. The Labute approximate surface area is 107 Å². The van der Waals surface area contributed by atoms with Crippen molar-refractivity contribution in [1.82, 2.24) is 0 Å². The zero-order valence-corrected chi connectivity index (χ0v) is 14.0. The molecule has 0 spiro atoms. The van der Waals surface area contributed by atoms with Crippen LogP contribution in [0.25, 0.3) is 0 Å². The van der Waals surface area contributed by atoms with E-state index in [1.165, 1.54) is 25.7 Å². The van der Waals surface area contributed by atoms with E-state index >= 15 is 0 Å². The highest BCUT2D eigenvalue weighted by Gasteiger charge is 1.89. The second-order valence-corrected chi connectivity index (χ2v) is 3.84. The fourth-order valence-electron chi connectivity index (χ4n) is 0.577. The van der Waals surface area contributed by atoms with Crippen LogP contribution in [-0.4, -0.2) is 0 Å². The van der Waals surface area contributed by atoms with Crippen molar-refractivity contribution in [2.24, 2.45) is 11.8 Å². The van der Waals surface area contributed by atoms with Crippen LogP contribution in [0.15, 0.2) is 0 Å². The molecule has 0 atom stereocenters. The Morgan fingerprint density at radius 2 is 0.625 bits per heavy atom. The van der Waals surface area contributed by atoms with Gasteiger partial charge in [0.15, 0.2) is 0 Å². The van der Waals surface area contributed by atoms with Crippen molar-refractivity contribution in [3.8, 4) is 0 Å². The summed E-state index contributed by atoms with van der Waals surface area (Å²) in [4.78, 5) is 0. The second kappa shape index (κ2) is 29.4. The molecule has 0 bridgehead atoms. The van der Waals surface area contributed by atoms with E-state index in [-0.39, 0.29) is 0 Å². The average molecular weight is 232 g/mol. The zero-order valence-electron chi connectivity index (χ0n) is 14.0. The summed E-state index contributed by atoms with van der Waals surface area (Å²) in [5.74, 6) is 1.87. The van der Waals surface area contributed by atoms with Crippen molar-refractivity contribution in [3.63, 3.8) is 0 Å². The summed E-state index contributed by atoms with van der Waals surface area (Å²) in [6.45, 7) is 21.5. The van der Waals surface area contributed by atoms with Gasteiger partial charge in [-0.25, -0.2) is 0 Å². The van der Waals surface area contributed by atoms with E-state index < -0.39 is 0 Å². The Hall–Kier alpha value is 0. The van der Waals surface area contributed by atoms with Crippen LogP contribution in [-0.2, 0) is 0 Å². The van der Waals surface area contributed by atoms with Gasteiger partial charge in [0, 0.05) is 0 Å². The molecule has 0 aromatic rings. The van der Waals surface area contributed by atoms with Crippen molar-refractivity contribution in [2.45, 2.75) is 94.9 Å². The molecule has 0 radical (unpaired) electrons. The molecular weight excluding hydrogens is 192 g/mol. The molecule has 0 fully saturated rings. The molecule has 0 aromatic heterocycles. The quantitative estimate of drug-likeness (QED) is 0.492. The fourth-order valence-corrected chi connectivity index (χ4v) is 0.577. The second-order valence-electron chi connectivity index (χ2n) is 3.84. The van der Waals surface area contributed by atoms with Gasteiger partial charge in [-0.3, -0.25) is 0 Å². The van der Waals surface area contributed by atoms with E-state index in [4.69, 9.17) is 0 Å². The minimum atomic E-state index is 0.935. The lowest BCUT2D eigenvalue weighted by molar-refractivity contribution is 0.544. The lowest BCUT2D eigenvalue weighted by atomic mass is 10.1. The predicted molar refractivity (Wildman–Crippen MR) is 82.2 cm³/mol. The van der Waals surface area contributed by atoms with E-state index in [9.17, 15) is 0 Å². The van der Waals surface area contributed by atoms with Crippen LogP contribution >= 0.6 is 0 Å². The first-order valence-electron chi connectivity index (χ1n) is 7.62. The summed E-state index contributed by atoms with van der Waals surface area (Å²) >= 11 is 0. The highest BCUT2D eigenvalue weighted by molar-refractivity contribution is 4.42. The minimum Gasteiger partial charge on any atom is -0.0683 e. The predicted octanol–water partition coefficient (Wildman–Crippen LogP) is 6.94. The fraction of sp³-hybridized carbons (Fsp3) is 1.00. The molecule has 0 heterocycles.